The van der Waals surface area contributed by atoms with Crippen LogP contribution in [0.25, 0.3) is 31.9 Å². The molecule has 5 heterocycles. The molecule has 0 spiro atoms. The quantitative estimate of drug-likeness (QED) is 0.522. The lowest BCUT2D eigenvalue weighted by Crippen LogP contribution is -2.32. The molecular weight excluding hydrogens is 388 g/mol. The third-order valence-electron chi connectivity index (χ3n) is 5.15. The zero-order valence-corrected chi connectivity index (χ0v) is 17.3. The maximum atomic E-state index is 9.64. The van der Waals surface area contributed by atoms with Crippen molar-refractivity contribution in [2.45, 2.75) is 45.5 Å². The van der Waals surface area contributed by atoms with E-state index in [4.69, 9.17) is 14.1 Å². The summed E-state index contributed by atoms with van der Waals surface area (Å²) in [6.45, 7) is 6.86. The Morgan fingerprint density at radius 3 is 2.93 bits per heavy atom. The first-order valence-corrected chi connectivity index (χ1v) is 10.4. The normalized spacial score (nSPS) is 16.8. The summed E-state index contributed by atoms with van der Waals surface area (Å²) < 4.78 is 12.7. The molecule has 5 rings (SSSR count). The molecule has 0 radical (unpaired) electrons. The number of ether oxygens (including phenoxy) is 1. The number of nitrogens with one attached hydrogen (secondary N) is 1. The summed E-state index contributed by atoms with van der Waals surface area (Å²) in [5.41, 5.74) is 3.72. The van der Waals surface area contributed by atoms with Crippen LogP contribution < -0.4 is 5.32 Å². The molecule has 4 aromatic heterocycles. The largest absolute Gasteiger partial charge is 0.463 e. The molecule has 1 unspecified atom stereocenters. The monoisotopic (exact) mass is 410 g/mol. The number of anilines is 1. The molecule has 0 saturated carbocycles. The van der Waals surface area contributed by atoms with E-state index in [0.29, 0.717) is 13.2 Å². The Labute approximate surface area is 171 Å². The van der Waals surface area contributed by atoms with E-state index in [1.807, 2.05) is 12.1 Å². The fourth-order valence-corrected chi connectivity index (χ4v) is 4.92. The highest BCUT2D eigenvalue weighted by Crippen LogP contribution is 2.44. The third-order valence-corrected chi connectivity index (χ3v) is 6.23. The lowest BCUT2D eigenvalue weighted by atomic mass is 9.89. The molecule has 0 aliphatic carbocycles. The number of fused-ring (bicyclic) bond motifs is 5. The van der Waals surface area contributed by atoms with E-state index < -0.39 is 6.10 Å². The summed E-state index contributed by atoms with van der Waals surface area (Å²) in [6.07, 6.45) is 3.52. The fourth-order valence-electron chi connectivity index (χ4n) is 3.79. The van der Waals surface area contributed by atoms with Gasteiger partial charge in [0.05, 0.1) is 34.8 Å². The topological polar surface area (TPSA) is 93.3 Å². The molecule has 150 valence electrons. The summed E-state index contributed by atoms with van der Waals surface area (Å²) in [5, 5.41) is 13.9. The highest BCUT2D eigenvalue weighted by atomic mass is 32.1. The first-order chi connectivity index (χ1) is 13.9. The number of rotatable bonds is 4. The van der Waals surface area contributed by atoms with Crippen LogP contribution in [0, 0.1) is 0 Å². The second-order valence-electron chi connectivity index (χ2n) is 8.03. The maximum absolute atomic E-state index is 9.64. The average molecular weight is 410 g/mol. The molecule has 0 bridgehead atoms. The van der Waals surface area contributed by atoms with E-state index in [2.05, 4.69) is 29.1 Å². The summed E-state index contributed by atoms with van der Waals surface area (Å²) in [5.74, 6) is 1.46. The van der Waals surface area contributed by atoms with Crippen LogP contribution in [-0.4, -0.2) is 38.3 Å². The SMILES string of the molecule is CC(O)CNc1ncnc2c1sc1nc(-c3ccco3)c3c(c12)CC(C)(C)OC3. The van der Waals surface area contributed by atoms with Crippen LogP contribution in [0.15, 0.2) is 29.1 Å². The van der Waals surface area contributed by atoms with Crippen LogP contribution >= 0.6 is 11.3 Å². The molecule has 7 nitrogen and oxygen atoms in total. The molecule has 4 aromatic rings. The molecule has 0 amide bonds. The highest BCUT2D eigenvalue weighted by molar-refractivity contribution is 7.26. The standard InChI is InChI=1S/C21H22N4O3S/c1-11(26)8-22-19-18-17(23-10-24-19)15-12-7-21(2,3)28-9-13(12)16(25-20(15)29-18)14-5-4-6-27-14/h4-6,10-11,26H,7-9H2,1-3H3,(H,22,23,24). The molecule has 1 aliphatic heterocycles. The van der Waals surface area contributed by atoms with Gasteiger partial charge in [-0.3, -0.25) is 0 Å². The van der Waals surface area contributed by atoms with Gasteiger partial charge >= 0.3 is 0 Å². The van der Waals surface area contributed by atoms with E-state index in [-0.39, 0.29) is 5.60 Å². The predicted molar refractivity (Wildman–Crippen MR) is 113 cm³/mol. The Balaban J connectivity index is 1.79. The van der Waals surface area contributed by atoms with Crippen molar-refractivity contribution in [1.82, 2.24) is 15.0 Å². The number of thiophene rings is 1. The van der Waals surface area contributed by atoms with Crippen molar-refractivity contribution in [3.63, 3.8) is 0 Å². The zero-order chi connectivity index (χ0) is 20.2. The Morgan fingerprint density at radius 2 is 2.17 bits per heavy atom. The van der Waals surface area contributed by atoms with Gasteiger partial charge in [-0.05, 0) is 38.5 Å². The summed E-state index contributed by atoms with van der Waals surface area (Å²) >= 11 is 1.56. The number of pyridine rings is 1. The summed E-state index contributed by atoms with van der Waals surface area (Å²) in [6, 6.07) is 3.80. The Kier molecular flexibility index (Phi) is 4.31. The van der Waals surface area contributed by atoms with Gasteiger partial charge in [-0.15, -0.1) is 11.3 Å². The van der Waals surface area contributed by atoms with Crippen molar-refractivity contribution in [2.24, 2.45) is 0 Å². The second kappa shape index (κ2) is 6.76. The Hall–Kier alpha value is -2.55. The van der Waals surface area contributed by atoms with Crippen molar-refractivity contribution < 1.29 is 14.3 Å². The maximum Gasteiger partial charge on any atom is 0.152 e. The minimum atomic E-state index is -0.469. The van der Waals surface area contributed by atoms with Gasteiger partial charge in [-0.25, -0.2) is 15.0 Å². The minimum absolute atomic E-state index is 0.267. The Bertz CT molecular complexity index is 1200. The van der Waals surface area contributed by atoms with E-state index in [9.17, 15) is 5.11 Å². The number of hydrogen-bond acceptors (Lipinski definition) is 8. The number of hydrogen-bond donors (Lipinski definition) is 2. The molecule has 29 heavy (non-hydrogen) atoms. The second-order valence-corrected chi connectivity index (χ2v) is 9.03. The first-order valence-electron chi connectivity index (χ1n) is 9.62. The minimum Gasteiger partial charge on any atom is -0.463 e. The van der Waals surface area contributed by atoms with E-state index in [1.54, 1.807) is 30.9 Å². The van der Waals surface area contributed by atoms with Crippen LogP contribution in [0.5, 0.6) is 0 Å². The van der Waals surface area contributed by atoms with E-state index in [0.717, 1.165) is 49.7 Å². The molecule has 0 saturated heterocycles. The zero-order valence-electron chi connectivity index (χ0n) is 16.5. The number of furan rings is 1. The number of aromatic nitrogens is 3. The van der Waals surface area contributed by atoms with Crippen LogP contribution in [0.2, 0.25) is 0 Å². The van der Waals surface area contributed by atoms with Crippen molar-refractivity contribution in [2.75, 3.05) is 11.9 Å². The number of aliphatic hydroxyl groups is 1. The summed E-state index contributed by atoms with van der Waals surface area (Å²) in [7, 11) is 0. The van der Waals surface area contributed by atoms with Crippen molar-refractivity contribution >= 4 is 37.6 Å². The van der Waals surface area contributed by atoms with Gasteiger partial charge in [0.1, 0.15) is 22.7 Å². The average Bonchev–Trinajstić information content (AvgIpc) is 3.32. The van der Waals surface area contributed by atoms with Gasteiger partial charge in [-0.2, -0.15) is 0 Å². The molecule has 0 aromatic carbocycles. The smallest absolute Gasteiger partial charge is 0.152 e. The summed E-state index contributed by atoms with van der Waals surface area (Å²) in [4.78, 5) is 14.8. The van der Waals surface area contributed by atoms with E-state index in [1.165, 1.54) is 5.56 Å². The van der Waals surface area contributed by atoms with Crippen LogP contribution in [-0.2, 0) is 17.8 Å². The molecule has 0 fully saturated rings. The lowest BCUT2D eigenvalue weighted by Gasteiger charge is -2.32. The van der Waals surface area contributed by atoms with Crippen molar-refractivity contribution in [1.29, 1.82) is 0 Å². The molecule has 8 heteroatoms. The number of aliphatic hydroxyl groups excluding tert-OH is 1. The predicted octanol–water partition coefficient (Wildman–Crippen LogP) is 4.14. The van der Waals surface area contributed by atoms with Crippen LogP contribution in [0.1, 0.15) is 31.9 Å². The van der Waals surface area contributed by atoms with Crippen LogP contribution in [0.4, 0.5) is 5.82 Å². The molecule has 1 atom stereocenters. The van der Waals surface area contributed by atoms with Gasteiger partial charge in [-0.1, -0.05) is 0 Å². The highest BCUT2D eigenvalue weighted by Gasteiger charge is 2.32. The van der Waals surface area contributed by atoms with Gasteiger partial charge in [0, 0.05) is 23.9 Å². The van der Waals surface area contributed by atoms with Gasteiger partial charge in [0.2, 0.25) is 0 Å². The lowest BCUT2D eigenvalue weighted by molar-refractivity contribution is -0.0395. The van der Waals surface area contributed by atoms with Crippen molar-refractivity contribution in [3.8, 4) is 11.5 Å². The third kappa shape index (κ3) is 3.17. The molecule has 2 N–H and O–H groups in total. The van der Waals surface area contributed by atoms with E-state index >= 15 is 0 Å². The number of nitrogens with zero attached hydrogens (tertiary/aromatic N) is 3. The first kappa shape index (κ1) is 18.5. The molecule has 1 aliphatic rings. The van der Waals surface area contributed by atoms with Crippen molar-refractivity contribution in [3.05, 3.63) is 35.9 Å². The van der Waals surface area contributed by atoms with Gasteiger partial charge in [0.15, 0.2) is 5.76 Å². The van der Waals surface area contributed by atoms with Gasteiger partial charge < -0.3 is 19.6 Å². The Morgan fingerprint density at radius 1 is 1.31 bits per heavy atom. The molecular formula is C21H22N4O3S. The van der Waals surface area contributed by atoms with Gasteiger partial charge in [0.25, 0.3) is 0 Å². The van der Waals surface area contributed by atoms with Crippen LogP contribution in [0.3, 0.4) is 0 Å². The fraction of sp³-hybridized carbons (Fsp3) is 0.381.